The molecule has 0 bridgehead atoms. The maximum Gasteiger partial charge on any atom is 0.351 e. The van der Waals surface area contributed by atoms with Gasteiger partial charge in [0.1, 0.15) is 11.5 Å². The van der Waals surface area contributed by atoms with Crippen LogP contribution >= 0.6 is 0 Å². The van der Waals surface area contributed by atoms with E-state index in [1.54, 1.807) is 4.57 Å². The van der Waals surface area contributed by atoms with Gasteiger partial charge in [0.05, 0.1) is 17.5 Å². The van der Waals surface area contributed by atoms with Gasteiger partial charge in [0, 0.05) is 18.2 Å². The Kier molecular flexibility index (Phi) is 3.14. The van der Waals surface area contributed by atoms with Crippen molar-refractivity contribution in [3.8, 4) is 0 Å². The molecule has 22 heavy (non-hydrogen) atoms. The number of nitrogen functional groups attached to an aromatic ring is 1. The van der Waals surface area contributed by atoms with Crippen LogP contribution in [0.3, 0.4) is 0 Å². The van der Waals surface area contributed by atoms with Crippen molar-refractivity contribution in [1.82, 2.24) is 14.5 Å². The van der Waals surface area contributed by atoms with E-state index >= 15 is 0 Å². The number of hydrogen-bond acceptors (Lipinski definition) is 5. The van der Waals surface area contributed by atoms with Crippen molar-refractivity contribution in [2.75, 3.05) is 12.3 Å². The van der Waals surface area contributed by atoms with E-state index in [1.807, 2.05) is 19.1 Å². The molecule has 2 atom stereocenters. The summed E-state index contributed by atoms with van der Waals surface area (Å²) >= 11 is 0. The number of nitrogens with two attached hydrogens (primary N) is 1. The molecule has 0 amide bonds. The van der Waals surface area contributed by atoms with Crippen LogP contribution in [0.4, 0.5) is 5.82 Å². The quantitative estimate of drug-likeness (QED) is 0.917. The number of rotatable bonds is 2. The second-order valence-electron chi connectivity index (χ2n) is 6.32. The Balaban J connectivity index is 1.94. The van der Waals surface area contributed by atoms with Crippen LogP contribution < -0.4 is 11.4 Å². The predicted octanol–water partition coefficient (Wildman–Crippen LogP) is 1.99. The van der Waals surface area contributed by atoms with Crippen LogP contribution in [0.25, 0.3) is 11.0 Å². The lowest BCUT2D eigenvalue weighted by Crippen LogP contribution is -2.37. The molecule has 4 rings (SSSR count). The molecule has 1 unspecified atom stereocenters. The molecule has 1 saturated carbocycles. The summed E-state index contributed by atoms with van der Waals surface area (Å²) in [6, 6.07) is 3.93. The van der Waals surface area contributed by atoms with Gasteiger partial charge < -0.3 is 10.5 Å². The molecule has 1 aliphatic carbocycles. The lowest BCUT2D eigenvalue weighted by atomic mass is 10.0. The fourth-order valence-electron chi connectivity index (χ4n) is 3.31. The van der Waals surface area contributed by atoms with Crippen LogP contribution in [0.15, 0.2) is 16.9 Å². The molecule has 0 aromatic carbocycles. The highest BCUT2D eigenvalue weighted by Crippen LogP contribution is 2.39. The summed E-state index contributed by atoms with van der Waals surface area (Å²) in [5.41, 5.74) is 7.32. The first-order valence-corrected chi connectivity index (χ1v) is 7.95. The second kappa shape index (κ2) is 5.05. The van der Waals surface area contributed by atoms with E-state index in [9.17, 15) is 4.79 Å². The van der Waals surface area contributed by atoms with Gasteiger partial charge in [0.15, 0.2) is 0 Å². The van der Waals surface area contributed by atoms with Crippen molar-refractivity contribution >= 4 is 16.9 Å². The summed E-state index contributed by atoms with van der Waals surface area (Å²) in [5, 5.41) is 0.752. The predicted molar refractivity (Wildman–Crippen MR) is 83.9 cm³/mol. The number of anilines is 1. The molecule has 116 valence electrons. The van der Waals surface area contributed by atoms with E-state index < -0.39 is 0 Å². The van der Waals surface area contributed by atoms with E-state index in [0.29, 0.717) is 11.6 Å². The van der Waals surface area contributed by atoms with Crippen molar-refractivity contribution in [1.29, 1.82) is 0 Å². The lowest BCUT2D eigenvalue weighted by Gasteiger charge is -2.31. The summed E-state index contributed by atoms with van der Waals surface area (Å²) in [4.78, 5) is 21.2. The number of fused-ring (bicyclic) bond motifs is 1. The number of ether oxygens (including phenoxy) is 1. The fraction of sp³-hybridized carbons (Fsp3) is 0.562. The SMILES string of the molecule is C[C@H]1OCCCC1n1c(=O)nc(N)c2ccc(C3CC3)nc21. The smallest absolute Gasteiger partial charge is 0.351 e. The highest BCUT2D eigenvalue weighted by Gasteiger charge is 2.29. The van der Waals surface area contributed by atoms with Crippen molar-refractivity contribution in [2.24, 2.45) is 0 Å². The largest absolute Gasteiger partial charge is 0.383 e. The van der Waals surface area contributed by atoms with Crippen LogP contribution in [0, 0.1) is 0 Å². The highest BCUT2D eigenvalue weighted by molar-refractivity contribution is 5.85. The summed E-state index contributed by atoms with van der Waals surface area (Å²) in [5.74, 6) is 0.790. The van der Waals surface area contributed by atoms with Gasteiger partial charge >= 0.3 is 5.69 Å². The van der Waals surface area contributed by atoms with E-state index in [-0.39, 0.29) is 23.7 Å². The third-order valence-corrected chi connectivity index (χ3v) is 4.72. The maximum atomic E-state index is 12.5. The Morgan fingerprint density at radius 1 is 1.27 bits per heavy atom. The van der Waals surface area contributed by atoms with Crippen LogP contribution in [0.5, 0.6) is 0 Å². The Morgan fingerprint density at radius 2 is 2.09 bits per heavy atom. The van der Waals surface area contributed by atoms with Gasteiger partial charge in [-0.05, 0) is 44.7 Å². The van der Waals surface area contributed by atoms with Crippen LogP contribution in [-0.2, 0) is 4.74 Å². The average Bonchev–Trinajstić information content (AvgIpc) is 3.33. The van der Waals surface area contributed by atoms with Gasteiger partial charge in [-0.2, -0.15) is 4.98 Å². The Morgan fingerprint density at radius 3 is 2.82 bits per heavy atom. The first-order chi connectivity index (χ1) is 10.6. The van der Waals surface area contributed by atoms with Gasteiger partial charge in [0.2, 0.25) is 0 Å². The third-order valence-electron chi connectivity index (χ3n) is 4.72. The zero-order valence-electron chi connectivity index (χ0n) is 12.7. The molecule has 6 heteroatoms. The topological polar surface area (TPSA) is 83.0 Å². The minimum Gasteiger partial charge on any atom is -0.383 e. The molecule has 2 aromatic heterocycles. The zero-order valence-corrected chi connectivity index (χ0v) is 12.7. The summed E-state index contributed by atoms with van der Waals surface area (Å²) in [7, 11) is 0. The summed E-state index contributed by atoms with van der Waals surface area (Å²) < 4.78 is 7.42. The molecular formula is C16H20N4O2. The zero-order chi connectivity index (χ0) is 15.3. The van der Waals surface area contributed by atoms with E-state index in [1.165, 1.54) is 12.8 Å². The Labute approximate surface area is 128 Å². The van der Waals surface area contributed by atoms with Crippen molar-refractivity contribution < 1.29 is 4.74 Å². The standard InChI is InChI=1S/C16H20N4O2/c1-9-13(3-2-8-22-9)20-15-11(14(17)19-16(20)21)6-7-12(18-15)10-4-5-10/h6-7,9-10,13H,2-5,8H2,1H3,(H2,17,19,21)/t9-,13?/m1/s1. The Hall–Kier alpha value is -1.95. The van der Waals surface area contributed by atoms with Crippen LogP contribution in [-0.4, -0.2) is 27.2 Å². The van der Waals surface area contributed by atoms with Gasteiger partial charge in [0.25, 0.3) is 0 Å². The molecule has 2 aliphatic rings. The molecule has 6 nitrogen and oxygen atoms in total. The molecular weight excluding hydrogens is 280 g/mol. The number of pyridine rings is 1. The van der Waals surface area contributed by atoms with E-state index in [0.717, 1.165) is 30.5 Å². The first kappa shape index (κ1) is 13.7. The molecule has 2 aromatic rings. The van der Waals surface area contributed by atoms with Crippen molar-refractivity contribution in [3.63, 3.8) is 0 Å². The second-order valence-corrected chi connectivity index (χ2v) is 6.32. The minimum atomic E-state index is -0.326. The van der Waals surface area contributed by atoms with E-state index in [2.05, 4.69) is 4.98 Å². The summed E-state index contributed by atoms with van der Waals surface area (Å²) in [6.07, 6.45) is 4.16. The van der Waals surface area contributed by atoms with Gasteiger partial charge in [-0.15, -0.1) is 0 Å². The molecule has 1 saturated heterocycles. The molecule has 3 heterocycles. The fourth-order valence-corrected chi connectivity index (χ4v) is 3.31. The van der Waals surface area contributed by atoms with Gasteiger partial charge in [-0.1, -0.05) is 0 Å². The molecule has 0 radical (unpaired) electrons. The van der Waals surface area contributed by atoms with Gasteiger partial charge in [-0.3, -0.25) is 4.57 Å². The molecule has 0 spiro atoms. The average molecular weight is 300 g/mol. The van der Waals surface area contributed by atoms with Gasteiger partial charge in [-0.25, -0.2) is 9.78 Å². The van der Waals surface area contributed by atoms with E-state index in [4.69, 9.17) is 15.5 Å². The normalized spacial score (nSPS) is 25.5. The number of hydrogen-bond donors (Lipinski definition) is 1. The lowest BCUT2D eigenvalue weighted by molar-refractivity contribution is -0.00914. The number of aromatic nitrogens is 3. The monoisotopic (exact) mass is 300 g/mol. The molecule has 2 N–H and O–H groups in total. The first-order valence-electron chi connectivity index (χ1n) is 7.95. The summed E-state index contributed by atoms with van der Waals surface area (Å²) in [6.45, 7) is 2.75. The van der Waals surface area contributed by atoms with Crippen molar-refractivity contribution in [2.45, 2.75) is 50.7 Å². The van der Waals surface area contributed by atoms with Crippen LogP contribution in [0.2, 0.25) is 0 Å². The number of nitrogens with zero attached hydrogens (tertiary/aromatic N) is 3. The third kappa shape index (κ3) is 2.18. The Bertz CT molecular complexity index is 782. The van der Waals surface area contributed by atoms with Crippen LogP contribution in [0.1, 0.15) is 50.3 Å². The maximum absolute atomic E-state index is 12.5. The highest BCUT2D eigenvalue weighted by atomic mass is 16.5. The molecule has 1 aliphatic heterocycles. The molecule has 2 fully saturated rings. The minimum absolute atomic E-state index is 0.0218. The van der Waals surface area contributed by atoms with Crippen molar-refractivity contribution in [3.05, 3.63) is 28.3 Å².